The summed E-state index contributed by atoms with van der Waals surface area (Å²) in [4.78, 5) is 14.6. The molecule has 3 nitrogen and oxygen atoms in total. The Morgan fingerprint density at radius 2 is 2.36 bits per heavy atom. The first-order valence-electron chi connectivity index (χ1n) is 4.51. The highest BCUT2D eigenvalue weighted by Crippen LogP contribution is 2.31. The summed E-state index contributed by atoms with van der Waals surface area (Å²) in [7, 11) is 0. The van der Waals surface area contributed by atoms with E-state index in [0.717, 1.165) is 17.1 Å². The first kappa shape index (κ1) is 9.52. The van der Waals surface area contributed by atoms with E-state index in [9.17, 15) is 4.79 Å². The van der Waals surface area contributed by atoms with Gasteiger partial charge in [0.05, 0.1) is 0 Å². The first-order valence-corrected chi connectivity index (χ1v) is 5.67. The summed E-state index contributed by atoms with van der Waals surface area (Å²) >= 11 is 1.86. The predicted molar refractivity (Wildman–Crippen MR) is 55.2 cm³/mol. The molecule has 0 spiro atoms. The molecule has 0 saturated heterocycles. The van der Waals surface area contributed by atoms with E-state index in [4.69, 9.17) is 5.11 Å². The second-order valence-electron chi connectivity index (χ2n) is 3.32. The molecule has 4 heteroatoms. The SMILES string of the molecule is O=C(O)CCc1cncc2c1CSC2. The fourth-order valence-corrected chi connectivity index (χ4v) is 2.75. The van der Waals surface area contributed by atoms with Crippen LogP contribution in [0.1, 0.15) is 23.1 Å². The number of rotatable bonds is 3. The second kappa shape index (κ2) is 4.00. The molecular formula is C10H11NO2S. The van der Waals surface area contributed by atoms with Crippen LogP contribution in [0.25, 0.3) is 0 Å². The number of aryl methyl sites for hydroxylation is 1. The summed E-state index contributed by atoms with van der Waals surface area (Å²) in [5, 5.41) is 8.60. The number of aliphatic carboxylic acids is 1. The van der Waals surface area contributed by atoms with Gasteiger partial charge in [-0.15, -0.1) is 0 Å². The number of carbonyl (C=O) groups is 1. The van der Waals surface area contributed by atoms with Gasteiger partial charge in [0.2, 0.25) is 0 Å². The fourth-order valence-electron chi connectivity index (χ4n) is 1.61. The monoisotopic (exact) mass is 209 g/mol. The largest absolute Gasteiger partial charge is 0.481 e. The Bertz CT molecular complexity index is 365. The molecule has 0 saturated carbocycles. The zero-order chi connectivity index (χ0) is 9.97. The molecule has 0 bridgehead atoms. The van der Waals surface area contributed by atoms with Gasteiger partial charge in [0.1, 0.15) is 0 Å². The van der Waals surface area contributed by atoms with Crippen molar-refractivity contribution in [3.63, 3.8) is 0 Å². The van der Waals surface area contributed by atoms with Crippen molar-refractivity contribution in [2.24, 2.45) is 0 Å². The number of carboxylic acid groups (broad SMARTS) is 1. The lowest BCUT2D eigenvalue weighted by Gasteiger charge is -2.04. The average molecular weight is 209 g/mol. The molecule has 1 aliphatic heterocycles. The van der Waals surface area contributed by atoms with E-state index in [0.29, 0.717) is 6.42 Å². The molecule has 14 heavy (non-hydrogen) atoms. The maximum absolute atomic E-state index is 10.4. The van der Waals surface area contributed by atoms with Crippen molar-refractivity contribution in [1.82, 2.24) is 4.98 Å². The Kier molecular flexibility index (Phi) is 2.72. The van der Waals surface area contributed by atoms with Crippen LogP contribution in [0, 0.1) is 0 Å². The van der Waals surface area contributed by atoms with Crippen LogP contribution < -0.4 is 0 Å². The quantitative estimate of drug-likeness (QED) is 0.825. The van der Waals surface area contributed by atoms with Gasteiger partial charge in [0, 0.05) is 30.3 Å². The summed E-state index contributed by atoms with van der Waals surface area (Å²) in [6.45, 7) is 0. The number of fused-ring (bicyclic) bond motifs is 1. The van der Waals surface area contributed by atoms with Crippen molar-refractivity contribution in [3.8, 4) is 0 Å². The van der Waals surface area contributed by atoms with E-state index in [2.05, 4.69) is 4.98 Å². The van der Waals surface area contributed by atoms with Crippen LogP contribution >= 0.6 is 11.8 Å². The molecule has 0 aliphatic carbocycles. The van der Waals surface area contributed by atoms with E-state index in [-0.39, 0.29) is 6.42 Å². The molecule has 1 N–H and O–H groups in total. The Hall–Kier alpha value is -1.03. The van der Waals surface area contributed by atoms with Crippen LogP contribution in [0.2, 0.25) is 0 Å². The maximum atomic E-state index is 10.4. The third-order valence-corrected chi connectivity index (χ3v) is 3.36. The number of aromatic nitrogens is 1. The Morgan fingerprint density at radius 3 is 3.14 bits per heavy atom. The van der Waals surface area contributed by atoms with Gasteiger partial charge in [-0.1, -0.05) is 0 Å². The minimum atomic E-state index is -0.742. The van der Waals surface area contributed by atoms with Gasteiger partial charge in [0.15, 0.2) is 0 Å². The van der Waals surface area contributed by atoms with Gasteiger partial charge < -0.3 is 5.11 Å². The first-order chi connectivity index (χ1) is 6.77. The molecule has 0 atom stereocenters. The van der Waals surface area contributed by atoms with Crippen LogP contribution in [-0.4, -0.2) is 16.1 Å². The fraction of sp³-hybridized carbons (Fsp3) is 0.400. The molecule has 0 fully saturated rings. The van der Waals surface area contributed by atoms with Gasteiger partial charge in [0.25, 0.3) is 0 Å². The van der Waals surface area contributed by atoms with Gasteiger partial charge in [-0.3, -0.25) is 9.78 Å². The Labute approximate surface area is 86.5 Å². The van der Waals surface area contributed by atoms with Crippen molar-refractivity contribution in [2.75, 3.05) is 0 Å². The number of nitrogens with zero attached hydrogens (tertiary/aromatic N) is 1. The van der Waals surface area contributed by atoms with E-state index in [1.807, 2.05) is 18.0 Å². The molecular weight excluding hydrogens is 198 g/mol. The molecule has 1 aromatic rings. The lowest BCUT2D eigenvalue weighted by molar-refractivity contribution is -0.136. The lowest BCUT2D eigenvalue weighted by atomic mass is 10.0. The highest BCUT2D eigenvalue weighted by atomic mass is 32.2. The summed E-state index contributed by atoms with van der Waals surface area (Å²) in [5.74, 6) is 1.28. The number of hydrogen-bond acceptors (Lipinski definition) is 3. The highest BCUT2D eigenvalue weighted by Gasteiger charge is 2.15. The molecule has 0 amide bonds. The van der Waals surface area contributed by atoms with E-state index in [1.54, 1.807) is 6.20 Å². The molecule has 0 radical (unpaired) electrons. The average Bonchev–Trinajstić information content (AvgIpc) is 2.62. The van der Waals surface area contributed by atoms with Gasteiger partial charge >= 0.3 is 5.97 Å². The van der Waals surface area contributed by atoms with Crippen molar-refractivity contribution < 1.29 is 9.90 Å². The standard InChI is InChI=1S/C10H11NO2S/c12-10(13)2-1-7-3-11-4-8-5-14-6-9(7)8/h3-4H,1-2,5-6H2,(H,12,13). The van der Waals surface area contributed by atoms with Crippen LogP contribution in [-0.2, 0) is 22.7 Å². The Balaban J connectivity index is 2.17. The number of hydrogen-bond donors (Lipinski definition) is 1. The van der Waals surface area contributed by atoms with Crippen LogP contribution in [0.3, 0.4) is 0 Å². The van der Waals surface area contributed by atoms with E-state index in [1.165, 1.54) is 11.1 Å². The van der Waals surface area contributed by atoms with Crippen molar-refractivity contribution in [3.05, 3.63) is 29.1 Å². The topological polar surface area (TPSA) is 50.2 Å². The molecule has 1 aromatic heterocycles. The molecule has 2 rings (SSSR count). The van der Waals surface area contributed by atoms with Crippen molar-refractivity contribution in [1.29, 1.82) is 0 Å². The van der Waals surface area contributed by atoms with E-state index < -0.39 is 5.97 Å². The third-order valence-electron chi connectivity index (χ3n) is 2.35. The lowest BCUT2D eigenvalue weighted by Crippen LogP contribution is -2.01. The van der Waals surface area contributed by atoms with Gasteiger partial charge in [-0.2, -0.15) is 11.8 Å². The maximum Gasteiger partial charge on any atom is 0.303 e. The molecule has 0 aromatic carbocycles. The molecule has 74 valence electrons. The summed E-state index contributed by atoms with van der Waals surface area (Å²) in [5.41, 5.74) is 3.69. The summed E-state index contributed by atoms with van der Waals surface area (Å²) in [6, 6.07) is 0. The van der Waals surface area contributed by atoms with Crippen molar-refractivity contribution >= 4 is 17.7 Å². The summed E-state index contributed by atoms with van der Waals surface area (Å²) < 4.78 is 0. The predicted octanol–water partition coefficient (Wildman–Crippen LogP) is 1.85. The second-order valence-corrected chi connectivity index (χ2v) is 4.31. The third kappa shape index (κ3) is 1.90. The zero-order valence-corrected chi connectivity index (χ0v) is 8.51. The zero-order valence-electron chi connectivity index (χ0n) is 7.69. The van der Waals surface area contributed by atoms with Crippen LogP contribution in [0.4, 0.5) is 0 Å². The minimum Gasteiger partial charge on any atom is -0.481 e. The molecule has 0 unspecified atom stereocenters. The van der Waals surface area contributed by atoms with Gasteiger partial charge in [-0.05, 0) is 23.1 Å². The van der Waals surface area contributed by atoms with Crippen molar-refractivity contribution in [2.45, 2.75) is 24.3 Å². The van der Waals surface area contributed by atoms with Crippen LogP contribution in [0.15, 0.2) is 12.4 Å². The molecule has 2 heterocycles. The van der Waals surface area contributed by atoms with E-state index >= 15 is 0 Å². The normalized spacial score (nSPS) is 14.0. The minimum absolute atomic E-state index is 0.197. The molecule has 1 aliphatic rings. The van der Waals surface area contributed by atoms with Gasteiger partial charge in [-0.25, -0.2) is 0 Å². The summed E-state index contributed by atoms with van der Waals surface area (Å²) in [6.07, 6.45) is 4.49. The van der Waals surface area contributed by atoms with Crippen LogP contribution in [0.5, 0.6) is 0 Å². The number of carboxylic acids is 1. The number of thioether (sulfide) groups is 1. The number of pyridine rings is 1. The Morgan fingerprint density at radius 1 is 1.50 bits per heavy atom. The smallest absolute Gasteiger partial charge is 0.303 e. The highest BCUT2D eigenvalue weighted by molar-refractivity contribution is 7.98.